The Labute approximate surface area is 97.6 Å². The van der Waals surface area contributed by atoms with Gasteiger partial charge < -0.3 is 4.74 Å². The van der Waals surface area contributed by atoms with E-state index in [1.165, 1.54) is 0 Å². The standard InChI is InChI=1S/C14H14OS/c1-5-16(6-2,7-3)12-13-8-10-14(15-4)11-9-13/h1,8-11H,2-3,12H2,4H3. The molecule has 0 atom stereocenters. The molecule has 0 saturated heterocycles. The summed E-state index contributed by atoms with van der Waals surface area (Å²) in [5.74, 6) is 1.51. The summed E-state index contributed by atoms with van der Waals surface area (Å²) in [7, 11) is 0.0218. The summed E-state index contributed by atoms with van der Waals surface area (Å²) in [6, 6.07) is 7.77. The quantitative estimate of drug-likeness (QED) is 0.573. The van der Waals surface area contributed by atoms with E-state index in [1.807, 2.05) is 24.3 Å². The topological polar surface area (TPSA) is 9.23 Å². The molecule has 0 unspecified atom stereocenters. The number of rotatable bonds is 3. The van der Waals surface area contributed by atoms with Crippen molar-refractivity contribution in [1.82, 2.24) is 0 Å². The number of ether oxygens (including phenoxy) is 1. The molecule has 0 aliphatic rings. The van der Waals surface area contributed by atoms with Gasteiger partial charge in [0.2, 0.25) is 0 Å². The molecule has 1 rings (SSSR count). The summed E-state index contributed by atoms with van der Waals surface area (Å²) in [5.41, 5.74) is 1.11. The zero-order valence-electron chi connectivity index (χ0n) is 9.32. The van der Waals surface area contributed by atoms with E-state index in [4.69, 9.17) is 11.2 Å². The van der Waals surface area contributed by atoms with E-state index < -0.39 is 9.21 Å². The molecule has 0 spiro atoms. The van der Waals surface area contributed by atoms with Gasteiger partial charge in [-0.25, -0.2) is 0 Å². The summed E-state index contributed by atoms with van der Waals surface area (Å²) >= 11 is 0. The van der Waals surface area contributed by atoms with Crippen LogP contribution in [-0.2, 0) is 5.75 Å². The van der Waals surface area contributed by atoms with Gasteiger partial charge in [0.25, 0.3) is 0 Å². The van der Waals surface area contributed by atoms with E-state index >= 15 is 0 Å². The zero-order valence-corrected chi connectivity index (χ0v) is 10.1. The molecule has 0 fully saturated rings. The smallest absolute Gasteiger partial charge is 0.118 e. The molecular formula is C14H14OS. The van der Waals surface area contributed by atoms with E-state index in [9.17, 15) is 0 Å². The van der Waals surface area contributed by atoms with Crippen molar-refractivity contribution >= 4 is 19.3 Å². The molecule has 1 aromatic carbocycles. The van der Waals surface area contributed by atoms with Crippen molar-refractivity contribution in [1.29, 1.82) is 0 Å². The molecule has 0 heterocycles. The molecule has 82 valence electrons. The molecule has 0 radical (unpaired) electrons. The number of benzene rings is 1. The normalized spacial score (nSPS) is 9.75. The molecule has 0 bridgehead atoms. The van der Waals surface area contributed by atoms with E-state index in [0.29, 0.717) is 5.75 Å². The Morgan fingerprint density at radius 2 is 1.81 bits per heavy atom. The third-order valence-electron chi connectivity index (χ3n) is 2.24. The molecule has 0 saturated carbocycles. The van der Waals surface area contributed by atoms with Crippen LogP contribution in [0.25, 0.3) is 0 Å². The second-order valence-electron chi connectivity index (χ2n) is 3.14. The van der Waals surface area contributed by atoms with Gasteiger partial charge in [-0.05, 0) is 36.1 Å². The van der Waals surface area contributed by atoms with Crippen molar-refractivity contribution in [2.75, 3.05) is 7.11 Å². The monoisotopic (exact) mass is 230 g/mol. The lowest BCUT2D eigenvalue weighted by atomic mass is 10.2. The van der Waals surface area contributed by atoms with E-state index in [1.54, 1.807) is 7.11 Å². The average Bonchev–Trinajstić information content (AvgIpc) is 2.37. The second-order valence-corrected chi connectivity index (χ2v) is 5.72. The minimum absolute atomic E-state index is 0.681. The summed E-state index contributed by atoms with van der Waals surface area (Å²) < 4.78 is 5.09. The third-order valence-corrected chi connectivity index (χ3v) is 4.39. The SMILES string of the molecule is C#CS(=C=C)(=C=C)Cc1ccc(OC)cc1. The fourth-order valence-corrected chi connectivity index (χ4v) is 2.50. The lowest BCUT2D eigenvalue weighted by Crippen LogP contribution is -1.87. The maximum absolute atomic E-state index is 5.49. The molecule has 0 aromatic heterocycles. The number of hydrogen-bond donors (Lipinski definition) is 0. The highest BCUT2D eigenvalue weighted by Crippen LogP contribution is 2.26. The van der Waals surface area contributed by atoms with E-state index in [2.05, 4.69) is 28.5 Å². The average molecular weight is 230 g/mol. The molecule has 0 N–H and O–H groups in total. The van der Waals surface area contributed by atoms with Crippen LogP contribution in [0.2, 0.25) is 0 Å². The van der Waals surface area contributed by atoms with Gasteiger partial charge in [0, 0.05) is 5.75 Å². The molecular weight excluding hydrogens is 216 g/mol. The number of terminal acetylenes is 1. The Morgan fingerprint density at radius 3 is 2.19 bits per heavy atom. The Morgan fingerprint density at radius 1 is 1.25 bits per heavy atom. The van der Waals surface area contributed by atoms with Crippen molar-refractivity contribution in [3.05, 3.63) is 43.0 Å². The van der Waals surface area contributed by atoms with Crippen LogP contribution < -0.4 is 4.74 Å². The van der Waals surface area contributed by atoms with Crippen LogP contribution in [0.1, 0.15) is 5.56 Å². The van der Waals surface area contributed by atoms with Crippen molar-refractivity contribution in [2.24, 2.45) is 0 Å². The van der Waals surface area contributed by atoms with Crippen LogP contribution in [0.15, 0.2) is 37.4 Å². The Bertz CT molecular complexity index is 548. The first-order valence-corrected chi connectivity index (χ1v) is 6.49. The summed E-state index contributed by atoms with van der Waals surface area (Å²) in [6.45, 7) is 7.29. The van der Waals surface area contributed by atoms with Gasteiger partial charge in [-0.15, -0.1) is 6.42 Å². The van der Waals surface area contributed by atoms with Gasteiger partial charge in [0.1, 0.15) is 5.75 Å². The summed E-state index contributed by atoms with van der Waals surface area (Å²) in [4.78, 5) is 0. The fourth-order valence-electron chi connectivity index (χ4n) is 1.25. The number of methoxy groups -OCH3 is 1. The summed E-state index contributed by atoms with van der Waals surface area (Å²) in [6.07, 6.45) is 5.49. The molecule has 2 heteroatoms. The van der Waals surface area contributed by atoms with Crippen molar-refractivity contribution < 1.29 is 4.74 Å². The minimum atomic E-state index is -1.62. The number of hydrogen-bond acceptors (Lipinski definition) is 1. The first kappa shape index (κ1) is 12.3. The van der Waals surface area contributed by atoms with Crippen LogP contribution in [0.5, 0.6) is 5.75 Å². The lowest BCUT2D eigenvalue weighted by Gasteiger charge is -2.06. The highest BCUT2D eigenvalue weighted by Gasteiger charge is 2.00. The highest BCUT2D eigenvalue weighted by atomic mass is 32.2. The Hall–Kier alpha value is -1.77. The van der Waals surface area contributed by atoms with Crippen LogP contribution in [0.4, 0.5) is 0 Å². The largest absolute Gasteiger partial charge is 0.497 e. The van der Waals surface area contributed by atoms with Gasteiger partial charge >= 0.3 is 0 Å². The van der Waals surface area contributed by atoms with Crippen LogP contribution in [-0.4, -0.2) is 17.2 Å². The molecule has 0 aliphatic carbocycles. The Kier molecular flexibility index (Phi) is 4.11. The maximum Gasteiger partial charge on any atom is 0.118 e. The molecule has 0 amide bonds. The highest BCUT2D eigenvalue weighted by molar-refractivity contribution is 8.31. The predicted octanol–water partition coefficient (Wildman–Crippen LogP) is 2.76. The van der Waals surface area contributed by atoms with Gasteiger partial charge in [0.15, 0.2) is 0 Å². The van der Waals surface area contributed by atoms with Gasteiger partial charge in [-0.2, -0.15) is 0 Å². The van der Waals surface area contributed by atoms with Crippen molar-refractivity contribution in [3.63, 3.8) is 0 Å². The molecule has 1 aromatic rings. The van der Waals surface area contributed by atoms with Gasteiger partial charge in [-0.1, -0.05) is 31.4 Å². The molecule has 16 heavy (non-hydrogen) atoms. The van der Waals surface area contributed by atoms with Gasteiger partial charge in [0.05, 0.1) is 7.11 Å². The first-order valence-electron chi connectivity index (χ1n) is 4.68. The summed E-state index contributed by atoms with van der Waals surface area (Å²) in [5, 5.41) is 8.47. The Balaban J connectivity index is 3.12. The van der Waals surface area contributed by atoms with Crippen LogP contribution in [0, 0.1) is 11.7 Å². The third kappa shape index (κ3) is 2.63. The lowest BCUT2D eigenvalue weighted by molar-refractivity contribution is 0.414. The minimum Gasteiger partial charge on any atom is -0.497 e. The fraction of sp³-hybridized carbons (Fsp3) is 0.143. The van der Waals surface area contributed by atoms with Crippen molar-refractivity contribution in [3.8, 4) is 17.4 Å². The molecule has 1 nitrogen and oxygen atoms in total. The maximum atomic E-state index is 5.49. The van der Waals surface area contributed by atoms with Crippen LogP contribution in [0.3, 0.4) is 0 Å². The van der Waals surface area contributed by atoms with Crippen molar-refractivity contribution in [2.45, 2.75) is 5.75 Å². The second kappa shape index (κ2) is 5.35. The molecule has 0 aliphatic heterocycles. The van der Waals surface area contributed by atoms with E-state index in [-0.39, 0.29) is 0 Å². The zero-order chi connectivity index (χ0) is 12.0. The van der Waals surface area contributed by atoms with E-state index in [0.717, 1.165) is 11.3 Å². The first-order chi connectivity index (χ1) is 7.69. The van der Waals surface area contributed by atoms with Crippen LogP contribution >= 0.6 is 9.21 Å². The predicted molar refractivity (Wildman–Crippen MR) is 74.4 cm³/mol. The van der Waals surface area contributed by atoms with Gasteiger partial charge in [-0.3, -0.25) is 0 Å².